The molecule has 4 rings (SSSR count). The topological polar surface area (TPSA) is 72.7 Å². The fourth-order valence-corrected chi connectivity index (χ4v) is 4.41. The number of aromatic nitrogens is 4. The van der Waals surface area contributed by atoms with Crippen LogP contribution in [-0.2, 0) is 4.79 Å². The zero-order valence-electron chi connectivity index (χ0n) is 15.8. The molecule has 1 aromatic heterocycles. The first-order valence-corrected chi connectivity index (χ1v) is 10.5. The van der Waals surface area contributed by atoms with Gasteiger partial charge in [0.1, 0.15) is 0 Å². The summed E-state index contributed by atoms with van der Waals surface area (Å²) in [7, 11) is 0. The third-order valence-electron chi connectivity index (χ3n) is 5.05. The van der Waals surface area contributed by atoms with Crippen LogP contribution < -0.4 is 5.32 Å². The molecule has 1 aliphatic carbocycles. The molecule has 0 unspecified atom stereocenters. The molecule has 7 heteroatoms. The van der Waals surface area contributed by atoms with E-state index in [1.54, 1.807) is 0 Å². The van der Waals surface area contributed by atoms with Crippen LogP contribution in [0.25, 0.3) is 11.1 Å². The summed E-state index contributed by atoms with van der Waals surface area (Å²) in [6, 6.07) is 18.3. The SMILES string of the molecule is C[C@H](Sc1nnnn1C1CCCC1)C(=O)Nc1ccccc1-c1ccccc1. The Morgan fingerprint density at radius 1 is 1.11 bits per heavy atom. The van der Waals surface area contributed by atoms with Gasteiger partial charge in [-0.3, -0.25) is 4.79 Å². The highest BCUT2D eigenvalue weighted by molar-refractivity contribution is 8.00. The maximum atomic E-state index is 12.8. The first-order valence-electron chi connectivity index (χ1n) is 9.62. The molecule has 1 amide bonds. The lowest BCUT2D eigenvalue weighted by molar-refractivity contribution is -0.115. The van der Waals surface area contributed by atoms with E-state index >= 15 is 0 Å². The second kappa shape index (κ2) is 8.56. The predicted molar refractivity (Wildman–Crippen MR) is 111 cm³/mol. The van der Waals surface area contributed by atoms with Crippen LogP contribution in [0.5, 0.6) is 0 Å². The number of benzene rings is 2. The monoisotopic (exact) mass is 393 g/mol. The number of amides is 1. The van der Waals surface area contributed by atoms with Gasteiger partial charge in [-0.2, -0.15) is 0 Å². The summed E-state index contributed by atoms with van der Waals surface area (Å²) >= 11 is 1.41. The second-order valence-corrected chi connectivity index (χ2v) is 8.31. The molecule has 1 aliphatic rings. The van der Waals surface area contributed by atoms with Crippen LogP contribution in [0.2, 0.25) is 0 Å². The van der Waals surface area contributed by atoms with Crippen LogP contribution in [0.4, 0.5) is 5.69 Å². The standard InChI is InChI=1S/C21H23N5OS/c1-15(28-21-23-24-25-26(21)17-11-5-6-12-17)20(27)22-19-14-8-7-13-18(19)16-9-3-2-4-10-16/h2-4,7-10,13-15,17H,5-6,11-12H2,1H3,(H,22,27)/t15-/m0/s1. The van der Waals surface area contributed by atoms with E-state index in [1.165, 1.54) is 24.6 Å². The zero-order chi connectivity index (χ0) is 19.3. The number of rotatable bonds is 6. The van der Waals surface area contributed by atoms with Crippen molar-refractivity contribution in [3.8, 4) is 11.1 Å². The van der Waals surface area contributed by atoms with E-state index < -0.39 is 0 Å². The van der Waals surface area contributed by atoms with Crippen molar-refractivity contribution in [2.45, 2.75) is 49.1 Å². The van der Waals surface area contributed by atoms with Gasteiger partial charge in [0.05, 0.1) is 11.3 Å². The Hall–Kier alpha value is -2.67. The van der Waals surface area contributed by atoms with E-state index in [0.29, 0.717) is 11.2 Å². The van der Waals surface area contributed by atoms with Crippen molar-refractivity contribution < 1.29 is 4.79 Å². The molecule has 3 aromatic rings. The molecule has 2 aromatic carbocycles. The largest absolute Gasteiger partial charge is 0.325 e. The number of carbonyl (C=O) groups is 1. The molecule has 144 valence electrons. The van der Waals surface area contributed by atoms with Gasteiger partial charge in [-0.25, -0.2) is 4.68 Å². The first-order chi connectivity index (χ1) is 13.7. The van der Waals surface area contributed by atoms with Crippen LogP contribution in [0.15, 0.2) is 59.8 Å². The molecule has 0 radical (unpaired) electrons. The molecule has 1 fully saturated rings. The molecular formula is C21H23N5OS. The lowest BCUT2D eigenvalue weighted by Gasteiger charge is -2.16. The van der Waals surface area contributed by atoms with Gasteiger partial charge < -0.3 is 5.32 Å². The summed E-state index contributed by atoms with van der Waals surface area (Å²) in [6.45, 7) is 1.89. The van der Waals surface area contributed by atoms with Gasteiger partial charge in [0.2, 0.25) is 11.1 Å². The molecular weight excluding hydrogens is 370 g/mol. The van der Waals surface area contributed by atoms with Crippen LogP contribution in [0, 0.1) is 0 Å². The Bertz CT molecular complexity index is 937. The molecule has 0 aliphatic heterocycles. The summed E-state index contributed by atoms with van der Waals surface area (Å²) in [4.78, 5) is 12.8. The molecule has 1 atom stereocenters. The minimum atomic E-state index is -0.310. The normalized spacial score (nSPS) is 15.5. The Kier molecular flexibility index (Phi) is 5.71. The van der Waals surface area contributed by atoms with E-state index in [-0.39, 0.29) is 11.2 Å². The molecule has 6 nitrogen and oxygen atoms in total. The molecule has 1 saturated carbocycles. The van der Waals surface area contributed by atoms with Crippen molar-refractivity contribution in [3.63, 3.8) is 0 Å². The number of nitrogens with one attached hydrogen (secondary N) is 1. The maximum Gasteiger partial charge on any atom is 0.237 e. The van der Waals surface area contributed by atoms with Crippen LogP contribution >= 0.6 is 11.8 Å². The Balaban J connectivity index is 1.47. The van der Waals surface area contributed by atoms with E-state index in [1.807, 2.05) is 66.2 Å². The zero-order valence-corrected chi connectivity index (χ0v) is 16.6. The minimum Gasteiger partial charge on any atom is -0.325 e. The Labute approximate surface area is 168 Å². The van der Waals surface area contributed by atoms with Gasteiger partial charge in [0, 0.05) is 11.3 Å². The summed E-state index contributed by atoms with van der Waals surface area (Å²) in [5.41, 5.74) is 2.88. The lowest BCUT2D eigenvalue weighted by Crippen LogP contribution is -2.23. The number of carbonyl (C=O) groups excluding carboxylic acids is 1. The van der Waals surface area contributed by atoms with Crippen LogP contribution in [0.3, 0.4) is 0 Å². The highest BCUT2D eigenvalue weighted by Crippen LogP contribution is 2.33. The number of anilines is 1. The van der Waals surface area contributed by atoms with E-state index in [2.05, 4.69) is 20.8 Å². The van der Waals surface area contributed by atoms with E-state index in [9.17, 15) is 4.79 Å². The smallest absolute Gasteiger partial charge is 0.237 e. The van der Waals surface area contributed by atoms with E-state index in [4.69, 9.17) is 0 Å². The van der Waals surface area contributed by atoms with Crippen LogP contribution in [0.1, 0.15) is 38.6 Å². The average Bonchev–Trinajstić information content (AvgIpc) is 3.40. The minimum absolute atomic E-state index is 0.0608. The number of hydrogen-bond acceptors (Lipinski definition) is 5. The van der Waals surface area contributed by atoms with Gasteiger partial charge in [0.15, 0.2) is 0 Å². The summed E-state index contributed by atoms with van der Waals surface area (Å²) in [5.74, 6) is -0.0608. The van der Waals surface area contributed by atoms with Gasteiger partial charge >= 0.3 is 0 Å². The molecule has 1 heterocycles. The molecule has 28 heavy (non-hydrogen) atoms. The van der Waals surface area contributed by atoms with Crippen LogP contribution in [-0.4, -0.2) is 31.4 Å². The van der Waals surface area contributed by atoms with Crippen molar-refractivity contribution >= 4 is 23.4 Å². The Morgan fingerprint density at radius 2 is 1.82 bits per heavy atom. The number of nitrogens with zero attached hydrogens (tertiary/aromatic N) is 4. The number of hydrogen-bond donors (Lipinski definition) is 1. The highest BCUT2D eigenvalue weighted by Gasteiger charge is 2.25. The maximum absolute atomic E-state index is 12.8. The van der Waals surface area contributed by atoms with E-state index in [0.717, 1.165) is 29.7 Å². The van der Waals surface area contributed by atoms with Gasteiger partial charge in [0.25, 0.3) is 0 Å². The Morgan fingerprint density at radius 3 is 2.61 bits per heavy atom. The number of tetrazole rings is 1. The quantitative estimate of drug-likeness (QED) is 0.621. The van der Waals surface area contributed by atoms with Crippen molar-refractivity contribution in [2.24, 2.45) is 0 Å². The van der Waals surface area contributed by atoms with Crippen molar-refractivity contribution in [3.05, 3.63) is 54.6 Å². The summed E-state index contributed by atoms with van der Waals surface area (Å²) < 4.78 is 1.89. The third kappa shape index (κ3) is 4.09. The fourth-order valence-electron chi connectivity index (χ4n) is 3.55. The molecule has 0 saturated heterocycles. The fraction of sp³-hybridized carbons (Fsp3) is 0.333. The number of para-hydroxylation sites is 1. The average molecular weight is 394 g/mol. The third-order valence-corrected chi connectivity index (χ3v) is 6.10. The van der Waals surface area contributed by atoms with Crippen molar-refractivity contribution in [2.75, 3.05) is 5.32 Å². The van der Waals surface area contributed by atoms with Gasteiger partial charge in [-0.15, -0.1) is 5.10 Å². The van der Waals surface area contributed by atoms with Crippen molar-refractivity contribution in [1.82, 2.24) is 20.2 Å². The molecule has 0 spiro atoms. The lowest BCUT2D eigenvalue weighted by atomic mass is 10.0. The second-order valence-electron chi connectivity index (χ2n) is 7.01. The molecule has 1 N–H and O–H groups in total. The summed E-state index contributed by atoms with van der Waals surface area (Å²) in [5, 5.41) is 15.6. The molecule has 0 bridgehead atoms. The first kappa shape index (κ1) is 18.7. The van der Waals surface area contributed by atoms with Gasteiger partial charge in [-0.1, -0.05) is 73.1 Å². The van der Waals surface area contributed by atoms with Gasteiger partial charge in [-0.05, 0) is 41.8 Å². The highest BCUT2D eigenvalue weighted by atomic mass is 32.2. The predicted octanol–water partition coefficient (Wildman–Crippen LogP) is 4.57. The van der Waals surface area contributed by atoms with Crippen molar-refractivity contribution in [1.29, 1.82) is 0 Å². The number of thioether (sulfide) groups is 1. The summed E-state index contributed by atoms with van der Waals surface area (Å²) in [6.07, 6.45) is 4.62.